The Balaban J connectivity index is 1.22. The van der Waals surface area contributed by atoms with Crippen LogP contribution in [0.5, 0.6) is 0 Å². The number of amides is 1. The lowest BCUT2D eigenvalue weighted by molar-refractivity contribution is -0.268. The molecule has 1 fully saturated rings. The lowest BCUT2D eigenvalue weighted by Crippen LogP contribution is -2.38. The number of hydrogen-bond acceptors (Lipinski definition) is 6. The zero-order chi connectivity index (χ0) is 35.4. The quantitative estimate of drug-likeness (QED) is 0.0657. The average Bonchev–Trinajstić information content (AvgIpc) is 3.15. The van der Waals surface area contributed by atoms with E-state index in [1.807, 2.05) is 72.8 Å². The van der Waals surface area contributed by atoms with Crippen LogP contribution in [0.1, 0.15) is 51.9 Å². The predicted molar refractivity (Wildman–Crippen MR) is 177 cm³/mol. The van der Waals surface area contributed by atoms with Gasteiger partial charge in [0.25, 0.3) is 5.91 Å². The van der Waals surface area contributed by atoms with Crippen LogP contribution in [-0.4, -0.2) is 27.9 Å². The van der Waals surface area contributed by atoms with E-state index >= 15 is 0 Å². The number of aliphatic hydroxyl groups excluding tert-OH is 1. The van der Waals surface area contributed by atoms with Crippen molar-refractivity contribution in [3.63, 3.8) is 0 Å². The highest BCUT2D eigenvalue weighted by molar-refractivity contribution is 7.99. The first-order chi connectivity index (χ1) is 24.1. The molecule has 0 bridgehead atoms. The van der Waals surface area contributed by atoms with E-state index in [-0.39, 0.29) is 31.3 Å². The third-order valence-electron chi connectivity index (χ3n) is 8.47. The van der Waals surface area contributed by atoms with Gasteiger partial charge in [0.2, 0.25) is 5.82 Å². The van der Waals surface area contributed by atoms with Crippen LogP contribution in [-0.2, 0) is 22.6 Å². The highest BCUT2D eigenvalue weighted by Crippen LogP contribution is 2.43. The first-order valence-corrected chi connectivity index (χ1v) is 16.7. The number of benzene rings is 4. The van der Waals surface area contributed by atoms with Gasteiger partial charge in [-0.05, 0) is 52.1 Å². The Morgan fingerprint density at radius 2 is 1.46 bits per heavy atom. The second-order valence-corrected chi connectivity index (χ2v) is 12.8. The fourth-order valence-corrected chi connectivity index (χ4v) is 6.74. The molecule has 4 atom stereocenters. The van der Waals surface area contributed by atoms with Crippen LogP contribution in [0.2, 0.25) is 0 Å². The van der Waals surface area contributed by atoms with E-state index in [0.29, 0.717) is 11.3 Å². The third kappa shape index (κ3) is 7.58. The molecule has 50 heavy (non-hydrogen) atoms. The summed E-state index contributed by atoms with van der Waals surface area (Å²) in [4.78, 5) is 16.9. The van der Waals surface area contributed by atoms with E-state index in [2.05, 4.69) is 17.2 Å². The molecule has 1 aromatic heterocycles. The Bertz CT molecular complexity index is 1950. The summed E-state index contributed by atoms with van der Waals surface area (Å²) in [5.41, 5.74) is 2.98. The molecule has 1 saturated heterocycles. The minimum absolute atomic E-state index is 0.0256. The molecule has 0 aliphatic carbocycles. The van der Waals surface area contributed by atoms with Crippen LogP contribution in [0.3, 0.4) is 0 Å². The van der Waals surface area contributed by atoms with Crippen molar-refractivity contribution in [2.24, 2.45) is 5.92 Å². The van der Waals surface area contributed by atoms with Gasteiger partial charge in [-0.1, -0.05) is 73.7 Å². The van der Waals surface area contributed by atoms with Gasteiger partial charge in [0.15, 0.2) is 29.6 Å². The van der Waals surface area contributed by atoms with E-state index < -0.39 is 46.8 Å². The topological polar surface area (TPSA) is 80.7 Å². The van der Waals surface area contributed by atoms with E-state index in [9.17, 15) is 31.9 Å². The molecule has 2 N–H and O–H groups in total. The van der Waals surface area contributed by atoms with Gasteiger partial charge >= 0.3 is 0 Å². The summed E-state index contributed by atoms with van der Waals surface area (Å²) >= 11 is 1.59. The van der Waals surface area contributed by atoms with E-state index in [1.54, 1.807) is 36.2 Å². The number of carbonyl (C=O) groups excluding carboxylic acids is 1. The highest BCUT2D eigenvalue weighted by atomic mass is 32.2. The molecule has 6 nitrogen and oxygen atoms in total. The van der Waals surface area contributed by atoms with Crippen molar-refractivity contribution in [1.82, 2.24) is 10.3 Å². The van der Waals surface area contributed by atoms with Gasteiger partial charge in [0, 0.05) is 30.0 Å². The first kappa shape index (κ1) is 35.2. The first-order valence-electron chi connectivity index (χ1n) is 15.7. The molecule has 2 heterocycles. The minimum Gasteiger partial charge on any atom is -0.392 e. The van der Waals surface area contributed by atoms with E-state index in [1.165, 1.54) is 0 Å². The van der Waals surface area contributed by atoms with Gasteiger partial charge in [0.1, 0.15) is 5.56 Å². The number of carbonyl (C=O) groups is 1. The second kappa shape index (κ2) is 15.5. The van der Waals surface area contributed by atoms with Gasteiger partial charge in [-0.25, -0.2) is 26.9 Å². The molecule has 1 aliphatic rings. The number of nitrogens with zero attached hydrogens (tertiary/aromatic N) is 1. The Kier molecular flexibility index (Phi) is 10.9. The summed E-state index contributed by atoms with van der Waals surface area (Å²) < 4.78 is 82.2. The van der Waals surface area contributed by atoms with Gasteiger partial charge in [-0.15, -0.1) is 11.8 Å². The number of halogens is 5. The largest absolute Gasteiger partial charge is 0.392 e. The zero-order valence-corrected chi connectivity index (χ0v) is 27.4. The standard InChI is InChI=1S/C38H31F5N2O4S/c1-21-28(20-50-29-10-2-3-15-44-29)48-38(49-36(21)24-13-11-22(19-46)12-14-24)27-9-5-8-26(17-27)25-7-4-6-23(16-25)18-45-37(47)30-31(39)33(41)35(43)34(42)32(30)40/h2-17,21,28,36,38,46H,18-20H2,1H3,(H,45,47)/t21-,28+,36+,38+/m0/s1. The van der Waals surface area contributed by atoms with Crippen LogP contribution in [0, 0.1) is 35.0 Å². The minimum atomic E-state index is -2.34. The lowest BCUT2D eigenvalue weighted by atomic mass is 9.91. The van der Waals surface area contributed by atoms with Crippen molar-refractivity contribution < 1.29 is 41.3 Å². The van der Waals surface area contributed by atoms with Crippen molar-refractivity contribution >= 4 is 17.7 Å². The molecule has 12 heteroatoms. The van der Waals surface area contributed by atoms with Crippen molar-refractivity contribution in [3.05, 3.63) is 154 Å². The van der Waals surface area contributed by atoms with Crippen LogP contribution in [0.15, 0.2) is 102 Å². The van der Waals surface area contributed by atoms with Gasteiger partial charge in [-0.3, -0.25) is 4.79 Å². The van der Waals surface area contributed by atoms with Crippen LogP contribution in [0.25, 0.3) is 11.1 Å². The summed E-state index contributed by atoms with van der Waals surface area (Å²) in [6.07, 6.45) is 0.486. The summed E-state index contributed by atoms with van der Waals surface area (Å²) in [5.74, 6) is -12.0. The highest BCUT2D eigenvalue weighted by Gasteiger charge is 2.38. The molecular formula is C38H31F5N2O4S. The molecule has 0 radical (unpaired) electrons. The predicted octanol–water partition coefficient (Wildman–Crippen LogP) is 8.45. The fourth-order valence-electron chi connectivity index (χ4n) is 5.71. The van der Waals surface area contributed by atoms with Gasteiger partial charge in [-0.2, -0.15) is 0 Å². The summed E-state index contributed by atoms with van der Waals surface area (Å²) in [6, 6.07) is 27.8. The lowest BCUT2D eigenvalue weighted by Gasteiger charge is -2.41. The molecule has 0 spiro atoms. The molecule has 6 rings (SSSR count). The smallest absolute Gasteiger partial charge is 0.257 e. The molecular weight excluding hydrogens is 675 g/mol. The average molecular weight is 707 g/mol. The molecule has 0 saturated carbocycles. The number of aliphatic hydroxyl groups is 1. The summed E-state index contributed by atoms with van der Waals surface area (Å²) in [7, 11) is 0. The number of thioether (sulfide) groups is 1. The number of hydrogen-bond donors (Lipinski definition) is 2. The SMILES string of the molecule is C[C@H]1[C@@H](CSc2ccccn2)O[C@@H](c2cccc(-c3cccc(CNC(=O)c4c(F)c(F)c(F)c(F)c4F)c3)c2)O[C@H]1c1ccc(CO)cc1. The summed E-state index contributed by atoms with van der Waals surface area (Å²) in [6.45, 7) is 1.77. The Morgan fingerprint density at radius 1 is 0.780 bits per heavy atom. The zero-order valence-electron chi connectivity index (χ0n) is 26.6. The Hall–Kier alpha value is -4.62. The van der Waals surface area contributed by atoms with Gasteiger partial charge < -0.3 is 19.9 Å². The maximum Gasteiger partial charge on any atom is 0.257 e. The number of aromatic nitrogens is 1. The molecule has 258 valence electrons. The molecule has 1 aliphatic heterocycles. The van der Waals surface area contributed by atoms with E-state index in [4.69, 9.17) is 9.47 Å². The van der Waals surface area contributed by atoms with Crippen LogP contribution < -0.4 is 5.32 Å². The molecule has 5 aromatic rings. The van der Waals surface area contributed by atoms with Gasteiger partial charge in [0.05, 0.1) is 23.8 Å². The second-order valence-electron chi connectivity index (χ2n) is 11.8. The van der Waals surface area contributed by atoms with Crippen molar-refractivity contribution in [3.8, 4) is 11.1 Å². The summed E-state index contributed by atoms with van der Waals surface area (Å²) in [5, 5.41) is 12.7. The van der Waals surface area contributed by atoms with Crippen molar-refractivity contribution in [2.75, 3.05) is 5.75 Å². The molecule has 0 unspecified atom stereocenters. The third-order valence-corrected chi connectivity index (χ3v) is 9.50. The molecule has 4 aromatic carbocycles. The number of ether oxygens (including phenoxy) is 2. The number of nitrogens with one attached hydrogen (secondary N) is 1. The monoisotopic (exact) mass is 706 g/mol. The maximum atomic E-state index is 14.2. The normalized spacial score (nSPS) is 18.9. The number of rotatable bonds is 10. The molecule has 1 amide bonds. The number of pyridine rings is 1. The van der Waals surface area contributed by atoms with Crippen molar-refractivity contribution in [2.45, 2.75) is 43.6 Å². The maximum absolute atomic E-state index is 14.2. The fraction of sp³-hybridized carbons (Fsp3) is 0.211. The van der Waals surface area contributed by atoms with Crippen molar-refractivity contribution in [1.29, 1.82) is 0 Å². The Morgan fingerprint density at radius 3 is 2.14 bits per heavy atom. The van der Waals surface area contributed by atoms with E-state index in [0.717, 1.165) is 32.8 Å². The van der Waals surface area contributed by atoms with Crippen LogP contribution in [0.4, 0.5) is 22.0 Å². The Labute approximate surface area is 289 Å². The van der Waals surface area contributed by atoms with Crippen LogP contribution >= 0.6 is 11.8 Å².